The third kappa shape index (κ3) is 1.53. The normalized spacial score (nSPS) is 28.1. The molecule has 0 aromatic rings. The summed E-state index contributed by atoms with van der Waals surface area (Å²) in [5, 5.41) is 72.0. The van der Waals surface area contributed by atoms with Crippen molar-refractivity contribution in [2.45, 2.75) is 6.23 Å². The molecule has 1 aliphatic rings. The number of hydrogen-bond donors (Lipinski definition) is 8. The maximum atomic E-state index is 9.10. The third-order valence-electron chi connectivity index (χ3n) is 1.82. The minimum Gasteiger partial charge on any atom is -0.505 e. The lowest BCUT2D eigenvalue weighted by Gasteiger charge is -2.24. The molecule has 90 valence electrons. The lowest BCUT2D eigenvalue weighted by Crippen LogP contribution is -2.36. The summed E-state index contributed by atoms with van der Waals surface area (Å²) in [7, 11) is 0. The fourth-order valence-corrected chi connectivity index (χ4v) is 0.914. The lowest BCUT2D eigenvalue weighted by molar-refractivity contribution is -0.192. The molecule has 0 fully saturated rings. The first-order valence-electron chi connectivity index (χ1n) is 3.82. The van der Waals surface area contributed by atoms with Crippen LogP contribution in [0, 0.1) is 0 Å². The summed E-state index contributed by atoms with van der Waals surface area (Å²) in [6.07, 6.45) is -2.34. The summed E-state index contributed by atoms with van der Waals surface area (Å²) in [5.74, 6) is -8.33. The summed E-state index contributed by atoms with van der Waals surface area (Å²) < 4.78 is 0. The molecule has 0 radical (unpaired) electrons. The number of aliphatic hydroxyl groups excluding tert-OH is 7. The second-order valence-electron chi connectivity index (χ2n) is 2.82. The van der Waals surface area contributed by atoms with Gasteiger partial charge in [-0.05, 0) is 0 Å². The van der Waals surface area contributed by atoms with Crippen LogP contribution in [-0.4, -0.2) is 52.2 Å². The average molecular weight is 235 g/mol. The standard InChI is InChI=1S/C7H9NO8/c9-1-2(10)4(12)6(14)8(16)7(15)5(13)3(1)11/h6,9-16H/b3-1?,4-2?,7-5-. The third-order valence-corrected chi connectivity index (χ3v) is 1.82. The zero-order chi connectivity index (χ0) is 12.6. The molecule has 0 saturated carbocycles. The van der Waals surface area contributed by atoms with Gasteiger partial charge in [0.25, 0.3) is 5.88 Å². The second kappa shape index (κ2) is 3.72. The Bertz CT molecular complexity index is 371. The maximum Gasteiger partial charge on any atom is 0.261 e. The van der Waals surface area contributed by atoms with Gasteiger partial charge in [0.1, 0.15) is 0 Å². The number of hydroxylamine groups is 2. The van der Waals surface area contributed by atoms with E-state index in [1.54, 1.807) is 0 Å². The summed E-state index contributed by atoms with van der Waals surface area (Å²) in [5.41, 5.74) is 0. The minimum atomic E-state index is -2.34. The molecule has 1 atom stereocenters. The Morgan fingerprint density at radius 2 is 1.19 bits per heavy atom. The minimum absolute atomic E-state index is 0.441. The van der Waals surface area contributed by atoms with Crippen LogP contribution in [-0.2, 0) is 0 Å². The van der Waals surface area contributed by atoms with Crippen LogP contribution in [0.1, 0.15) is 0 Å². The molecule has 16 heavy (non-hydrogen) atoms. The van der Waals surface area contributed by atoms with Crippen LogP contribution in [0.4, 0.5) is 0 Å². The fourth-order valence-electron chi connectivity index (χ4n) is 0.914. The van der Waals surface area contributed by atoms with Gasteiger partial charge in [-0.2, -0.15) is 5.06 Å². The molecule has 1 aliphatic heterocycles. The molecule has 0 spiro atoms. The van der Waals surface area contributed by atoms with Crippen LogP contribution >= 0.6 is 0 Å². The monoisotopic (exact) mass is 235 g/mol. The molecule has 0 aromatic heterocycles. The van der Waals surface area contributed by atoms with E-state index in [1.807, 2.05) is 0 Å². The summed E-state index contributed by atoms with van der Waals surface area (Å²) in [6, 6.07) is 0. The highest BCUT2D eigenvalue weighted by Gasteiger charge is 2.33. The number of hydrogen-bond acceptors (Lipinski definition) is 9. The van der Waals surface area contributed by atoms with Crippen molar-refractivity contribution in [1.29, 1.82) is 0 Å². The van der Waals surface area contributed by atoms with E-state index in [0.717, 1.165) is 0 Å². The molecule has 0 aromatic carbocycles. The predicted octanol–water partition coefficient (Wildman–Crippen LogP) is -0.0501. The van der Waals surface area contributed by atoms with Crippen LogP contribution in [0.3, 0.4) is 0 Å². The molecule has 0 bridgehead atoms. The van der Waals surface area contributed by atoms with Gasteiger partial charge in [0.05, 0.1) is 0 Å². The van der Waals surface area contributed by atoms with Crippen LogP contribution in [0.25, 0.3) is 0 Å². The van der Waals surface area contributed by atoms with E-state index < -0.39 is 46.0 Å². The SMILES string of the molecule is OC1=C(O)/C(O)=C(/O)N(O)C(O)C(O)=C1O. The molecule has 0 saturated heterocycles. The smallest absolute Gasteiger partial charge is 0.261 e. The van der Waals surface area contributed by atoms with Crippen molar-refractivity contribution in [3.05, 3.63) is 34.7 Å². The molecule has 1 rings (SSSR count). The summed E-state index contributed by atoms with van der Waals surface area (Å²) >= 11 is 0. The summed E-state index contributed by atoms with van der Waals surface area (Å²) in [6.45, 7) is 0. The molecule has 0 amide bonds. The highest BCUT2D eigenvalue weighted by atomic mass is 16.6. The van der Waals surface area contributed by atoms with Crippen LogP contribution in [0.5, 0.6) is 0 Å². The highest BCUT2D eigenvalue weighted by molar-refractivity contribution is 5.34. The van der Waals surface area contributed by atoms with Crippen molar-refractivity contribution in [3.63, 3.8) is 0 Å². The number of nitrogens with zero attached hydrogens (tertiary/aromatic N) is 1. The van der Waals surface area contributed by atoms with E-state index in [0.29, 0.717) is 0 Å². The Kier molecular flexibility index (Phi) is 2.74. The Labute approximate surface area is 87.9 Å². The van der Waals surface area contributed by atoms with Gasteiger partial charge in [0.15, 0.2) is 5.76 Å². The first kappa shape index (κ1) is 11.8. The van der Waals surface area contributed by atoms with Gasteiger partial charge < -0.3 is 35.7 Å². The maximum absolute atomic E-state index is 9.10. The van der Waals surface area contributed by atoms with Crippen molar-refractivity contribution in [2.24, 2.45) is 0 Å². The molecule has 0 aliphatic carbocycles. The van der Waals surface area contributed by atoms with E-state index in [2.05, 4.69) is 0 Å². The zero-order valence-electron chi connectivity index (χ0n) is 7.60. The summed E-state index contributed by atoms with van der Waals surface area (Å²) in [4.78, 5) is 0. The van der Waals surface area contributed by atoms with Gasteiger partial charge in [-0.1, -0.05) is 0 Å². The molecular weight excluding hydrogens is 226 g/mol. The van der Waals surface area contributed by atoms with Crippen molar-refractivity contribution >= 4 is 0 Å². The largest absolute Gasteiger partial charge is 0.505 e. The van der Waals surface area contributed by atoms with E-state index in [4.69, 9.17) is 41.0 Å². The molecule has 1 heterocycles. The van der Waals surface area contributed by atoms with E-state index >= 15 is 0 Å². The lowest BCUT2D eigenvalue weighted by atomic mass is 10.2. The van der Waals surface area contributed by atoms with Crippen molar-refractivity contribution < 1.29 is 41.0 Å². The first-order chi connectivity index (χ1) is 7.29. The predicted molar refractivity (Wildman–Crippen MR) is 46.5 cm³/mol. The Hall–Kier alpha value is -2.26. The van der Waals surface area contributed by atoms with Gasteiger partial charge in [0, 0.05) is 0 Å². The fraction of sp³-hybridized carbons (Fsp3) is 0.143. The Morgan fingerprint density at radius 1 is 0.750 bits per heavy atom. The molecule has 8 N–H and O–H groups in total. The molecular formula is C7H9NO8. The van der Waals surface area contributed by atoms with Crippen molar-refractivity contribution in [3.8, 4) is 0 Å². The molecule has 9 nitrogen and oxygen atoms in total. The number of rotatable bonds is 0. The molecule has 9 heteroatoms. The highest BCUT2D eigenvalue weighted by Crippen LogP contribution is 2.24. The second-order valence-corrected chi connectivity index (χ2v) is 2.82. The van der Waals surface area contributed by atoms with Gasteiger partial charge in [-0.15, -0.1) is 0 Å². The first-order valence-corrected chi connectivity index (χ1v) is 3.82. The molecule has 1 unspecified atom stereocenters. The van der Waals surface area contributed by atoms with Crippen LogP contribution in [0.15, 0.2) is 34.7 Å². The van der Waals surface area contributed by atoms with Gasteiger partial charge in [0.2, 0.25) is 29.3 Å². The number of aliphatic hydroxyl groups is 7. The van der Waals surface area contributed by atoms with Gasteiger partial charge >= 0.3 is 0 Å². The van der Waals surface area contributed by atoms with E-state index in [9.17, 15) is 0 Å². The van der Waals surface area contributed by atoms with E-state index in [1.165, 1.54) is 0 Å². The Morgan fingerprint density at radius 3 is 1.69 bits per heavy atom. The average Bonchev–Trinajstić information content (AvgIpc) is 2.30. The zero-order valence-corrected chi connectivity index (χ0v) is 7.60. The van der Waals surface area contributed by atoms with Gasteiger partial charge in [-0.25, -0.2) is 0 Å². The van der Waals surface area contributed by atoms with Crippen molar-refractivity contribution in [2.75, 3.05) is 0 Å². The quantitative estimate of drug-likeness (QED) is 0.287. The van der Waals surface area contributed by atoms with Crippen molar-refractivity contribution in [1.82, 2.24) is 5.06 Å². The van der Waals surface area contributed by atoms with Gasteiger partial charge in [-0.3, -0.25) is 5.21 Å². The van der Waals surface area contributed by atoms with Crippen LogP contribution in [0.2, 0.25) is 0 Å². The van der Waals surface area contributed by atoms with E-state index in [-0.39, 0.29) is 0 Å². The Balaban J connectivity index is 3.52. The van der Waals surface area contributed by atoms with Crippen LogP contribution < -0.4 is 0 Å². The topological polar surface area (TPSA) is 165 Å².